The summed E-state index contributed by atoms with van der Waals surface area (Å²) in [5, 5.41) is 7.24. The summed E-state index contributed by atoms with van der Waals surface area (Å²) in [6.07, 6.45) is 1.52. The first-order valence-corrected chi connectivity index (χ1v) is 4.31. The van der Waals surface area contributed by atoms with Crippen molar-refractivity contribution in [3.05, 3.63) is 29.7 Å². The van der Waals surface area contributed by atoms with Gasteiger partial charge in [0.25, 0.3) is 0 Å². The molecule has 13 heavy (non-hydrogen) atoms. The van der Waals surface area contributed by atoms with Crippen molar-refractivity contribution in [3.63, 3.8) is 0 Å². The second-order valence-corrected chi connectivity index (χ2v) is 3.45. The second kappa shape index (κ2) is 2.83. The van der Waals surface area contributed by atoms with Gasteiger partial charge in [0, 0.05) is 0 Å². The van der Waals surface area contributed by atoms with Crippen LogP contribution in [0.3, 0.4) is 0 Å². The molecule has 0 unspecified atom stereocenters. The molecule has 0 bridgehead atoms. The molecule has 0 aliphatic heterocycles. The summed E-state index contributed by atoms with van der Waals surface area (Å²) in [7, 11) is 0. The third kappa shape index (κ3) is 1.20. The standard InChI is InChI=1S/C10H11FN2/c1-6(2)7-3-4-9(11)8-5-12-13-10(7)8/h3-6H,1-2H3,(H,12,13). The van der Waals surface area contributed by atoms with Gasteiger partial charge in [-0.05, 0) is 17.5 Å². The van der Waals surface area contributed by atoms with Crippen molar-refractivity contribution in [1.82, 2.24) is 10.2 Å². The topological polar surface area (TPSA) is 28.7 Å². The van der Waals surface area contributed by atoms with Gasteiger partial charge in [0.15, 0.2) is 0 Å². The molecule has 0 saturated heterocycles. The van der Waals surface area contributed by atoms with Crippen LogP contribution in [0.2, 0.25) is 0 Å². The van der Waals surface area contributed by atoms with Crippen LogP contribution < -0.4 is 0 Å². The summed E-state index contributed by atoms with van der Waals surface area (Å²) in [5.74, 6) is 0.164. The lowest BCUT2D eigenvalue weighted by molar-refractivity contribution is 0.639. The number of halogens is 1. The van der Waals surface area contributed by atoms with Crippen LogP contribution in [0.25, 0.3) is 10.9 Å². The van der Waals surface area contributed by atoms with Crippen LogP contribution in [0.5, 0.6) is 0 Å². The van der Waals surface area contributed by atoms with Gasteiger partial charge in [-0.15, -0.1) is 0 Å². The van der Waals surface area contributed by atoms with E-state index in [4.69, 9.17) is 0 Å². The molecule has 68 valence electrons. The molecular weight excluding hydrogens is 167 g/mol. The predicted molar refractivity (Wildman–Crippen MR) is 50.1 cm³/mol. The Morgan fingerprint density at radius 3 is 2.85 bits per heavy atom. The summed E-state index contributed by atoms with van der Waals surface area (Å²) in [6.45, 7) is 4.15. The molecule has 0 spiro atoms. The average molecular weight is 178 g/mol. The normalized spacial score (nSPS) is 11.4. The molecule has 1 heterocycles. The van der Waals surface area contributed by atoms with Crippen molar-refractivity contribution in [2.24, 2.45) is 0 Å². The largest absolute Gasteiger partial charge is 0.277 e. The number of rotatable bonds is 1. The lowest BCUT2D eigenvalue weighted by atomic mass is 10.0. The van der Waals surface area contributed by atoms with Crippen LogP contribution in [0.15, 0.2) is 18.3 Å². The molecule has 2 aromatic rings. The Morgan fingerprint density at radius 2 is 2.15 bits per heavy atom. The summed E-state index contributed by atoms with van der Waals surface area (Å²) < 4.78 is 13.2. The van der Waals surface area contributed by atoms with Crippen LogP contribution in [0.1, 0.15) is 25.3 Å². The first-order chi connectivity index (χ1) is 6.20. The number of aromatic amines is 1. The fourth-order valence-electron chi connectivity index (χ4n) is 1.50. The van der Waals surface area contributed by atoms with Crippen LogP contribution in [-0.2, 0) is 0 Å². The van der Waals surface area contributed by atoms with Crippen molar-refractivity contribution in [1.29, 1.82) is 0 Å². The molecule has 0 amide bonds. The zero-order chi connectivity index (χ0) is 9.42. The second-order valence-electron chi connectivity index (χ2n) is 3.45. The Hall–Kier alpha value is -1.38. The van der Waals surface area contributed by atoms with E-state index in [2.05, 4.69) is 24.0 Å². The fourth-order valence-corrected chi connectivity index (χ4v) is 1.50. The van der Waals surface area contributed by atoms with E-state index in [0.29, 0.717) is 11.3 Å². The number of nitrogens with zero attached hydrogens (tertiary/aromatic N) is 1. The Morgan fingerprint density at radius 1 is 1.38 bits per heavy atom. The molecule has 0 aliphatic rings. The molecule has 0 fully saturated rings. The summed E-state index contributed by atoms with van der Waals surface area (Å²) in [5.41, 5.74) is 1.92. The predicted octanol–water partition coefficient (Wildman–Crippen LogP) is 2.83. The van der Waals surface area contributed by atoms with Gasteiger partial charge in [-0.1, -0.05) is 19.9 Å². The van der Waals surface area contributed by atoms with E-state index in [9.17, 15) is 4.39 Å². The molecule has 0 saturated carbocycles. The highest BCUT2D eigenvalue weighted by atomic mass is 19.1. The number of benzene rings is 1. The highest BCUT2D eigenvalue weighted by Crippen LogP contribution is 2.24. The number of aromatic nitrogens is 2. The van der Waals surface area contributed by atoms with Gasteiger partial charge in [0.05, 0.1) is 17.1 Å². The maximum atomic E-state index is 13.2. The van der Waals surface area contributed by atoms with Crippen molar-refractivity contribution in [3.8, 4) is 0 Å². The Labute approximate surface area is 75.8 Å². The van der Waals surface area contributed by atoms with Gasteiger partial charge in [0.1, 0.15) is 5.82 Å². The quantitative estimate of drug-likeness (QED) is 0.714. The molecule has 1 N–H and O–H groups in total. The van der Waals surface area contributed by atoms with E-state index < -0.39 is 0 Å². The number of hydrogen-bond donors (Lipinski definition) is 1. The number of nitrogens with one attached hydrogen (secondary N) is 1. The van der Waals surface area contributed by atoms with Gasteiger partial charge in [-0.25, -0.2) is 4.39 Å². The lowest BCUT2D eigenvalue weighted by Crippen LogP contribution is -1.90. The monoisotopic (exact) mass is 178 g/mol. The maximum absolute atomic E-state index is 13.2. The molecule has 0 radical (unpaired) electrons. The minimum atomic E-state index is -0.215. The van der Waals surface area contributed by atoms with Crippen LogP contribution in [0, 0.1) is 5.82 Å². The van der Waals surface area contributed by atoms with Gasteiger partial charge < -0.3 is 0 Å². The highest BCUT2D eigenvalue weighted by Gasteiger charge is 2.09. The zero-order valence-corrected chi connectivity index (χ0v) is 7.63. The molecule has 0 aliphatic carbocycles. The molecule has 0 atom stereocenters. The minimum absolute atomic E-state index is 0.215. The maximum Gasteiger partial charge on any atom is 0.134 e. The molecule has 1 aromatic heterocycles. The Bertz CT molecular complexity index is 431. The first kappa shape index (κ1) is 8.23. The fraction of sp³-hybridized carbons (Fsp3) is 0.300. The van der Waals surface area contributed by atoms with E-state index >= 15 is 0 Å². The zero-order valence-electron chi connectivity index (χ0n) is 7.63. The first-order valence-electron chi connectivity index (χ1n) is 4.31. The van der Waals surface area contributed by atoms with Gasteiger partial charge in [-0.2, -0.15) is 5.10 Å². The van der Waals surface area contributed by atoms with Crippen LogP contribution >= 0.6 is 0 Å². The number of fused-ring (bicyclic) bond motifs is 1. The molecule has 3 heteroatoms. The third-order valence-corrected chi connectivity index (χ3v) is 2.22. The molecule has 2 nitrogen and oxygen atoms in total. The SMILES string of the molecule is CC(C)c1ccc(F)c2cn[nH]c12. The minimum Gasteiger partial charge on any atom is -0.277 e. The number of H-pyrrole nitrogens is 1. The highest BCUT2D eigenvalue weighted by molar-refractivity contribution is 5.82. The van der Waals surface area contributed by atoms with E-state index in [0.717, 1.165) is 11.1 Å². The van der Waals surface area contributed by atoms with Gasteiger partial charge >= 0.3 is 0 Å². The smallest absolute Gasteiger partial charge is 0.134 e. The van der Waals surface area contributed by atoms with E-state index in [1.54, 1.807) is 6.07 Å². The van der Waals surface area contributed by atoms with Crippen molar-refractivity contribution in [2.45, 2.75) is 19.8 Å². The van der Waals surface area contributed by atoms with Crippen LogP contribution in [-0.4, -0.2) is 10.2 Å². The van der Waals surface area contributed by atoms with Crippen molar-refractivity contribution < 1.29 is 4.39 Å². The van der Waals surface area contributed by atoms with Gasteiger partial charge in [0.2, 0.25) is 0 Å². The molecular formula is C10H11FN2. The van der Waals surface area contributed by atoms with Gasteiger partial charge in [-0.3, -0.25) is 5.10 Å². The van der Waals surface area contributed by atoms with E-state index in [1.165, 1.54) is 12.3 Å². The van der Waals surface area contributed by atoms with E-state index in [1.807, 2.05) is 0 Å². The van der Waals surface area contributed by atoms with Crippen molar-refractivity contribution >= 4 is 10.9 Å². The number of hydrogen-bond acceptors (Lipinski definition) is 1. The summed E-state index contributed by atoms with van der Waals surface area (Å²) in [6, 6.07) is 3.30. The molecule has 1 aromatic carbocycles. The average Bonchev–Trinajstić information content (AvgIpc) is 2.53. The Kier molecular flexibility index (Phi) is 1.79. The Balaban J connectivity index is 2.78. The van der Waals surface area contributed by atoms with Crippen LogP contribution in [0.4, 0.5) is 4.39 Å². The molecule has 2 rings (SSSR count). The third-order valence-electron chi connectivity index (χ3n) is 2.22. The summed E-state index contributed by atoms with van der Waals surface area (Å²) in [4.78, 5) is 0. The summed E-state index contributed by atoms with van der Waals surface area (Å²) >= 11 is 0. The van der Waals surface area contributed by atoms with Crippen molar-refractivity contribution in [2.75, 3.05) is 0 Å². The van der Waals surface area contributed by atoms with E-state index in [-0.39, 0.29) is 5.82 Å². The lowest BCUT2D eigenvalue weighted by Gasteiger charge is -2.06.